The molecule has 1 aliphatic rings. The Bertz CT molecular complexity index is 1040. The lowest BCUT2D eigenvalue weighted by atomic mass is 10.0. The third-order valence-electron chi connectivity index (χ3n) is 4.36. The predicted octanol–water partition coefficient (Wildman–Crippen LogP) is 3.18. The van der Waals surface area contributed by atoms with Gasteiger partial charge in [0.15, 0.2) is 4.77 Å². The highest BCUT2D eigenvalue weighted by Gasteiger charge is 2.29. The van der Waals surface area contributed by atoms with Crippen LogP contribution in [0.4, 0.5) is 0 Å². The molecule has 6 heteroatoms. The van der Waals surface area contributed by atoms with E-state index >= 15 is 0 Å². The molecule has 2 heterocycles. The molecule has 0 fully saturated rings. The van der Waals surface area contributed by atoms with Gasteiger partial charge in [0.05, 0.1) is 17.3 Å². The molecular formula is C17H13N3O2S. The Morgan fingerprint density at radius 3 is 2.61 bits per heavy atom. The standard InChI is InChI=1S/C17H13N3O2S/c18-9-10-5-6-13(12-4-2-1-3-11(10)12)20-16(22)15-14(21)7-8-19(15)17(20)23/h1-6,14,21-22H,7-8H2/t14-/m1/s1. The van der Waals surface area contributed by atoms with E-state index in [1.165, 1.54) is 0 Å². The first-order valence-electron chi connectivity index (χ1n) is 7.28. The monoisotopic (exact) mass is 323 g/mol. The maximum Gasteiger partial charge on any atom is 0.221 e. The first kappa shape index (κ1) is 14.0. The number of hydrogen-bond acceptors (Lipinski definition) is 4. The Morgan fingerprint density at radius 2 is 1.91 bits per heavy atom. The van der Waals surface area contributed by atoms with Gasteiger partial charge in [-0.2, -0.15) is 5.26 Å². The molecule has 0 aliphatic carbocycles. The molecule has 114 valence electrons. The van der Waals surface area contributed by atoms with Gasteiger partial charge in [0.25, 0.3) is 0 Å². The maximum atomic E-state index is 10.6. The van der Waals surface area contributed by atoms with E-state index in [1.54, 1.807) is 21.3 Å². The Balaban J connectivity index is 2.09. The van der Waals surface area contributed by atoms with Crippen molar-refractivity contribution >= 4 is 23.0 Å². The Kier molecular flexibility index (Phi) is 3.01. The number of benzene rings is 2. The van der Waals surface area contributed by atoms with E-state index < -0.39 is 6.10 Å². The van der Waals surface area contributed by atoms with Crippen molar-refractivity contribution < 1.29 is 10.2 Å². The summed E-state index contributed by atoms with van der Waals surface area (Å²) in [6, 6.07) is 13.2. The minimum Gasteiger partial charge on any atom is -0.493 e. The molecule has 2 aromatic carbocycles. The second kappa shape index (κ2) is 4.95. The second-order valence-corrected chi connectivity index (χ2v) is 5.94. The zero-order valence-electron chi connectivity index (χ0n) is 12.1. The van der Waals surface area contributed by atoms with Gasteiger partial charge >= 0.3 is 0 Å². The van der Waals surface area contributed by atoms with Crippen LogP contribution < -0.4 is 0 Å². The van der Waals surface area contributed by atoms with Gasteiger partial charge in [-0.3, -0.25) is 4.57 Å². The van der Waals surface area contributed by atoms with Crippen molar-refractivity contribution in [3.63, 3.8) is 0 Å². The molecular weight excluding hydrogens is 310 g/mol. The second-order valence-electron chi connectivity index (χ2n) is 5.57. The number of aliphatic hydroxyl groups excluding tert-OH is 1. The summed E-state index contributed by atoms with van der Waals surface area (Å²) in [7, 11) is 0. The number of nitriles is 1. The molecule has 4 rings (SSSR count). The van der Waals surface area contributed by atoms with Crippen molar-refractivity contribution in [3.05, 3.63) is 52.4 Å². The number of aromatic nitrogens is 2. The van der Waals surface area contributed by atoms with Crippen LogP contribution in [0.15, 0.2) is 36.4 Å². The van der Waals surface area contributed by atoms with Crippen molar-refractivity contribution in [2.75, 3.05) is 0 Å². The van der Waals surface area contributed by atoms with E-state index in [9.17, 15) is 15.5 Å². The Hall–Kier alpha value is -2.62. The summed E-state index contributed by atoms with van der Waals surface area (Å²) in [5.74, 6) is -0.0325. The van der Waals surface area contributed by atoms with Crippen molar-refractivity contribution in [3.8, 4) is 17.6 Å². The fraction of sp³-hybridized carbons (Fsp3) is 0.176. The molecule has 0 spiro atoms. The Labute approximate surface area is 137 Å². The van der Waals surface area contributed by atoms with Gasteiger partial charge in [-0.15, -0.1) is 0 Å². The van der Waals surface area contributed by atoms with Crippen LogP contribution in [0, 0.1) is 16.1 Å². The number of aliphatic hydroxyl groups is 1. The van der Waals surface area contributed by atoms with E-state index in [-0.39, 0.29) is 5.88 Å². The number of nitrogens with zero attached hydrogens (tertiary/aromatic N) is 3. The van der Waals surface area contributed by atoms with Gasteiger partial charge < -0.3 is 14.8 Å². The average Bonchev–Trinajstić information content (AvgIpc) is 3.07. The van der Waals surface area contributed by atoms with Crippen LogP contribution in [-0.4, -0.2) is 19.3 Å². The van der Waals surface area contributed by atoms with E-state index in [0.29, 0.717) is 34.7 Å². The number of hydrogen-bond donors (Lipinski definition) is 2. The van der Waals surface area contributed by atoms with Crippen LogP contribution in [-0.2, 0) is 6.54 Å². The summed E-state index contributed by atoms with van der Waals surface area (Å²) in [5.41, 5.74) is 1.74. The average molecular weight is 323 g/mol. The van der Waals surface area contributed by atoms with Crippen LogP contribution in [0.25, 0.3) is 16.5 Å². The first-order chi connectivity index (χ1) is 11.1. The van der Waals surface area contributed by atoms with Crippen molar-refractivity contribution in [1.82, 2.24) is 9.13 Å². The highest BCUT2D eigenvalue weighted by molar-refractivity contribution is 7.71. The molecule has 1 aromatic heterocycles. The van der Waals surface area contributed by atoms with Gasteiger partial charge in [0, 0.05) is 17.3 Å². The molecule has 1 aliphatic heterocycles. The smallest absolute Gasteiger partial charge is 0.221 e. The lowest BCUT2D eigenvalue weighted by Crippen LogP contribution is -2.00. The third kappa shape index (κ3) is 1.84. The summed E-state index contributed by atoms with van der Waals surface area (Å²) >= 11 is 5.49. The molecule has 0 radical (unpaired) electrons. The number of imidazole rings is 1. The molecule has 0 saturated carbocycles. The Morgan fingerprint density at radius 1 is 1.17 bits per heavy atom. The summed E-state index contributed by atoms with van der Waals surface area (Å²) in [5, 5.41) is 31.6. The lowest BCUT2D eigenvalue weighted by molar-refractivity contribution is 0.175. The van der Waals surface area contributed by atoms with E-state index in [1.807, 2.05) is 24.3 Å². The molecule has 23 heavy (non-hydrogen) atoms. The third-order valence-corrected chi connectivity index (χ3v) is 4.76. The number of aromatic hydroxyl groups is 1. The van der Waals surface area contributed by atoms with Crippen LogP contribution in [0.1, 0.15) is 23.8 Å². The fourth-order valence-corrected chi connectivity index (χ4v) is 3.65. The quantitative estimate of drug-likeness (QED) is 0.675. The van der Waals surface area contributed by atoms with Crippen molar-refractivity contribution in [2.24, 2.45) is 0 Å². The fourth-order valence-electron chi connectivity index (χ4n) is 3.28. The van der Waals surface area contributed by atoms with E-state index in [0.717, 1.165) is 10.8 Å². The maximum absolute atomic E-state index is 10.6. The van der Waals surface area contributed by atoms with E-state index in [4.69, 9.17) is 12.2 Å². The molecule has 5 nitrogen and oxygen atoms in total. The zero-order valence-corrected chi connectivity index (χ0v) is 12.9. The highest BCUT2D eigenvalue weighted by Crippen LogP contribution is 2.38. The molecule has 0 unspecified atom stereocenters. The topological polar surface area (TPSA) is 74.1 Å². The molecule has 1 atom stereocenters. The normalized spacial score (nSPS) is 16.4. The van der Waals surface area contributed by atoms with Gasteiger partial charge in [0.1, 0.15) is 11.8 Å². The van der Waals surface area contributed by atoms with Crippen LogP contribution in [0.2, 0.25) is 0 Å². The highest BCUT2D eigenvalue weighted by atomic mass is 32.1. The summed E-state index contributed by atoms with van der Waals surface area (Å²) in [6.07, 6.45) is -0.149. The van der Waals surface area contributed by atoms with Gasteiger partial charge in [0.2, 0.25) is 5.88 Å². The largest absolute Gasteiger partial charge is 0.493 e. The predicted molar refractivity (Wildman–Crippen MR) is 88.1 cm³/mol. The van der Waals surface area contributed by atoms with E-state index in [2.05, 4.69) is 6.07 Å². The number of rotatable bonds is 1. The first-order valence-corrected chi connectivity index (χ1v) is 7.69. The molecule has 0 amide bonds. The molecule has 0 bridgehead atoms. The summed E-state index contributed by atoms with van der Waals surface area (Å²) < 4.78 is 3.78. The minimum atomic E-state index is -0.706. The molecule has 0 saturated heterocycles. The summed E-state index contributed by atoms with van der Waals surface area (Å²) in [6.45, 7) is 0.587. The molecule has 3 aromatic rings. The number of fused-ring (bicyclic) bond motifs is 2. The lowest BCUT2D eigenvalue weighted by Gasteiger charge is -2.11. The van der Waals surface area contributed by atoms with Crippen LogP contribution in [0.3, 0.4) is 0 Å². The van der Waals surface area contributed by atoms with Crippen LogP contribution >= 0.6 is 12.2 Å². The van der Waals surface area contributed by atoms with Crippen molar-refractivity contribution in [1.29, 1.82) is 5.26 Å². The van der Waals surface area contributed by atoms with Gasteiger partial charge in [-0.05, 0) is 30.8 Å². The zero-order chi connectivity index (χ0) is 16.1. The van der Waals surface area contributed by atoms with Gasteiger partial charge in [-0.1, -0.05) is 24.3 Å². The SMILES string of the molecule is N#Cc1ccc(-n2c(O)c3n(c2=S)CC[C@H]3O)c2ccccc12. The van der Waals surface area contributed by atoms with Crippen molar-refractivity contribution in [2.45, 2.75) is 19.1 Å². The summed E-state index contributed by atoms with van der Waals surface area (Å²) in [4.78, 5) is 0. The van der Waals surface area contributed by atoms with Crippen LogP contribution in [0.5, 0.6) is 5.88 Å². The molecule has 2 N–H and O–H groups in total. The van der Waals surface area contributed by atoms with Gasteiger partial charge in [-0.25, -0.2) is 0 Å². The minimum absolute atomic E-state index is 0.0325.